The van der Waals surface area contributed by atoms with E-state index in [4.69, 9.17) is 0 Å². The van der Waals surface area contributed by atoms with Crippen LogP contribution in [0.15, 0.2) is 0 Å². The second-order valence-corrected chi connectivity index (χ2v) is 2.16. The number of nitrogens with zero attached hydrogens (tertiary/aromatic N) is 1. The van der Waals surface area contributed by atoms with E-state index in [1.807, 2.05) is 0 Å². The molecule has 1 rings (SSSR count). The second-order valence-electron chi connectivity index (χ2n) is 2.16. The van der Waals surface area contributed by atoms with Crippen LogP contribution in [0.3, 0.4) is 0 Å². The summed E-state index contributed by atoms with van der Waals surface area (Å²) in [6, 6.07) is 0. The third-order valence-corrected chi connectivity index (χ3v) is 1.56. The first-order chi connectivity index (χ1) is 5.05. The lowest BCUT2D eigenvalue weighted by Crippen LogP contribution is -2.49. The maximum atomic E-state index is 10.8. The van der Waals surface area contributed by atoms with Crippen LogP contribution >= 0.6 is 0 Å². The van der Waals surface area contributed by atoms with Gasteiger partial charge in [0.2, 0.25) is 5.66 Å². The van der Waals surface area contributed by atoms with Gasteiger partial charge in [-0.3, -0.25) is 0 Å². The van der Waals surface area contributed by atoms with Gasteiger partial charge in [0.15, 0.2) is 0 Å². The summed E-state index contributed by atoms with van der Waals surface area (Å²) in [5.41, 5.74) is 0.537. The molecule has 62 valence electrons. The SMILES string of the molecule is COC(=O)C1(C(=O)[O-])NN1C. The molecule has 11 heavy (non-hydrogen) atoms. The number of ether oxygens (including phenoxy) is 1. The number of carboxylic acid groups (broad SMARTS) is 1. The van der Waals surface area contributed by atoms with Gasteiger partial charge in [-0.05, 0) is 0 Å². The highest BCUT2D eigenvalue weighted by atomic mass is 16.5. The Balaban J connectivity index is 2.80. The number of rotatable bonds is 2. The summed E-state index contributed by atoms with van der Waals surface area (Å²) >= 11 is 0. The van der Waals surface area contributed by atoms with Crippen LogP contribution in [0.1, 0.15) is 0 Å². The first kappa shape index (κ1) is 7.96. The van der Waals surface area contributed by atoms with Gasteiger partial charge in [-0.1, -0.05) is 0 Å². The minimum Gasteiger partial charge on any atom is -0.546 e. The molecule has 0 amide bonds. The number of methoxy groups -OCH3 is 1. The predicted octanol–water partition coefficient (Wildman–Crippen LogP) is -2.94. The Labute approximate surface area is 62.7 Å². The molecule has 1 saturated heterocycles. The monoisotopic (exact) mass is 159 g/mol. The van der Waals surface area contributed by atoms with Crippen LogP contribution in [0.2, 0.25) is 0 Å². The highest BCUT2D eigenvalue weighted by Gasteiger charge is 2.59. The van der Waals surface area contributed by atoms with E-state index in [1.165, 1.54) is 7.05 Å². The summed E-state index contributed by atoms with van der Waals surface area (Å²) in [5.74, 6) is -2.38. The van der Waals surface area contributed by atoms with E-state index < -0.39 is 17.6 Å². The van der Waals surface area contributed by atoms with Crippen LogP contribution in [-0.4, -0.2) is 36.8 Å². The highest BCUT2D eigenvalue weighted by Crippen LogP contribution is 2.22. The van der Waals surface area contributed by atoms with E-state index in [0.29, 0.717) is 0 Å². The van der Waals surface area contributed by atoms with Crippen LogP contribution < -0.4 is 10.5 Å². The zero-order valence-corrected chi connectivity index (χ0v) is 6.08. The summed E-state index contributed by atoms with van der Waals surface area (Å²) in [7, 11) is 2.52. The van der Waals surface area contributed by atoms with Gasteiger partial charge in [-0.15, -0.1) is 0 Å². The van der Waals surface area contributed by atoms with E-state index in [-0.39, 0.29) is 0 Å². The molecule has 0 spiro atoms. The fourth-order valence-electron chi connectivity index (χ4n) is 0.814. The van der Waals surface area contributed by atoms with Crippen LogP contribution in [0.25, 0.3) is 0 Å². The van der Waals surface area contributed by atoms with Crippen molar-refractivity contribution < 1.29 is 19.4 Å². The molecule has 1 fully saturated rings. The normalized spacial score (nSPS) is 34.5. The molecule has 2 atom stereocenters. The van der Waals surface area contributed by atoms with Gasteiger partial charge in [-0.25, -0.2) is 15.2 Å². The number of likely N-dealkylation sites (N-methyl/N-ethyl adjacent to an activating group) is 1. The largest absolute Gasteiger partial charge is 0.546 e. The molecule has 1 aliphatic heterocycles. The minimum atomic E-state index is -1.76. The smallest absolute Gasteiger partial charge is 0.350 e. The third-order valence-electron chi connectivity index (χ3n) is 1.56. The van der Waals surface area contributed by atoms with Crippen LogP contribution in [0.4, 0.5) is 0 Å². The van der Waals surface area contributed by atoms with Crippen molar-refractivity contribution in [3.05, 3.63) is 0 Å². The lowest BCUT2D eigenvalue weighted by atomic mass is 10.2. The van der Waals surface area contributed by atoms with Crippen molar-refractivity contribution in [2.45, 2.75) is 5.66 Å². The maximum Gasteiger partial charge on any atom is 0.350 e. The molecule has 1 N–H and O–H groups in total. The molecular weight excluding hydrogens is 152 g/mol. The third kappa shape index (κ3) is 0.873. The molecular formula is C5H7N2O4-. The Hall–Kier alpha value is -1.14. The van der Waals surface area contributed by atoms with E-state index in [1.54, 1.807) is 0 Å². The number of hydrogen-bond acceptors (Lipinski definition) is 6. The molecule has 6 heteroatoms. The topological polar surface area (TPSA) is 91.4 Å². The van der Waals surface area contributed by atoms with Gasteiger partial charge in [0.05, 0.1) is 13.1 Å². The van der Waals surface area contributed by atoms with Gasteiger partial charge in [0.25, 0.3) is 0 Å². The molecule has 0 bridgehead atoms. The zero-order valence-electron chi connectivity index (χ0n) is 6.08. The standard InChI is InChI=1S/C5H8N2O4/c1-7-5(6-7,3(8)9)4(10)11-2/h6H,1-2H3,(H,8,9)/p-1. The van der Waals surface area contributed by atoms with E-state index in [0.717, 1.165) is 12.1 Å². The first-order valence-electron chi connectivity index (χ1n) is 2.87. The molecule has 6 nitrogen and oxygen atoms in total. The molecule has 0 saturated carbocycles. The number of nitrogens with one attached hydrogen (secondary N) is 1. The van der Waals surface area contributed by atoms with Crippen LogP contribution in [0, 0.1) is 0 Å². The van der Waals surface area contributed by atoms with Gasteiger partial charge < -0.3 is 14.6 Å². The highest BCUT2D eigenvalue weighted by molar-refractivity contribution is 6.05. The Morgan fingerprint density at radius 1 is 1.64 bits per heavy atom. The van der Waals surface area contributed by atoms with Crippen LogP contribution in [0.5, 0.6) is 0 Å². The van der Waals surface area contributed by atoms with Gasteiger partial charge in [0.1, 0.15) is 0 Å². The molecule has 1 aliphatic rings. The molecule has 1 heterocycles. The van der Waals surface area contributed by atoms with Gasteiger partial charge in [0, 0.05) is 7.05 Å². The summed E-state index contributed by atoms with van der Waals surface area (Å²) in [6.45, 7) is 0. The summed E-state index contributed by atoms with van der Waals surface area (Å²) < 4.78 is 4.25. The van der Waals surface area contributed by atoms with Crippen molar-refractivity contribution in [3.8, 4) is 0 Å². The average molecular weight is 159 g/mol. The zero-order chi connectivity index (χ0) is 8.65. The Morgan fingerprint density at radius 3 is 2.18 bits per heavy atom. The van der Waals surface area contributed by atoms with Crippen molar-refractivity contribution >= 4 is 11.9 Å². The summed E-state index contributed by atoms with van der Waals surface area (Å²) in [6.07, 6.45) is 0. The molecule has 0 aliphatic carbocycles. The number of carbonyl (C=O) groups excluding carboxylic acids is 2. The van der Waals surface area contributed by atoms with Crippen molar-refractivity contribution in [2.24, 2.45) is 0 Å². The van der Waals surface area contributed by atoms with Gasteiger partial charge in [-0.2, -0.15) is 0 Å². The van der Waals surface area contributed by atoms with Crippen molar-refractivity contribution in [3.63, 3.8) is 0 Å². The van der Waals surface area contributed by atoms with Gasteiger partial charge >= 0.3 is 5.97 Å². The second kappa shape index (κ2) is 2.18. The van der Waals surface area contributed by atoms with Crippen molar-refractivity contribution in [1.29, 1.82) is 0 Å². The number of hydrazine groups is 1. The lowest BCUT2D eigenvalue weighted by Gasteiger charge is -2.10. The fraction of sp³-hybridized carbons (Fsp3) is 0.600. The Bertz CT molecular complexity index is 217. The quantitative estimate of drug-likeness (QED) is 0.263. The summed E-state index contributed by atoms with van der Waals surface area (Å²) in [5, 5.41) is 11.5. The maximum absolute atomic E-state index is 10.8. The molecule has 0 radical (unpaired) electrons. The Morgan fingerprint density at radius 2 is 2.09 bits per heavy atom. The number of hydrogen-bond donors (Lipinski definition) is 1. The number of aliphatic carboxylic acids is 1. The molecule has 0 aromatic rings. The van der Waals surface area contributed by atoms with Crippen LogP contribution in [-0.2, 0) is 14.3 Å². The van der Waals surface area contributed by atoms with Crippen molar-refractivity contribution in [2.75, 3.05) is 14.2 Å². The molecule has 0 aromatic heterocycles. The summed E-state index contributed by atoms with van der Waals surface area (Å²) in [4.78, 5) is 21.2. The fourth-order valence-corrected chi connectivity index (χ4v) is 0.814. The van der Waals surface area contributed by atoms with E-state index in [9.17, 15) is 14.7 Å². The lowest BCUT2D eigenvalue weighted by molar-refractivity contribution is -0.310. The van der Waals surface area contributed by atoms with Crippen molar-refractivity contribution in [1.82, 2.24) is 10.4 Å². The predicted molar refractivity (Wildman–Crippen MR) is 30.7 cm³/mol. The Kier molecular flexibility index (Phi) is 1.57. The number of carbonyl (C=O) groups is 2. The molecule has 2 unspecified atom stereocenters. The average Bonchev–Trinajstić information content (AvgIpc) is 2.61. The van der Waals surface area contributed by atoms with E-state index in [2.05, 4.69) is 10.2 Å². The number of esters is 1. The van der Waals surface area contributed by atoms with E-state index >= 15 is 0 Å². The number of carboxylic acids is 1. The minimum absolute atomic E-state index is 0.875. The first-order valence-corrected chi connectivity index (χ1v) is 2.87. The molecule has 0 aromatic carbocycles.